The molecule has 1 unspecified atom stereocenters. The largest absolute Gasteiger partial charge is 0.383 e. The number of aliphatic imine (C=N–C) groups is 1. The summed E-state index contributed by atoms with van der Waals surface area (Å²) in [5.41, 5.74) is 7.56. The lowest BCUT2D eigenvalue weighted by Gasteiger charge is -2.25. The van der Waals surface area contributed by atoms with Crippen molar-refractivity contribution in [1.29, 1.82) is 0 Å². The van der Waals surface area contributed by atoms with Crippen molar-refractivity contribution in [2.75, 3.05) is 19.6 Å². The van der Waals surface area contributed by atoms with Crippen molar-refractivity contribution in [3.63, 3.8) is 0 Å². The first-order valence-electron chi connectivity index (χ1n) is 8.05. The number of rotatable bonds is 2. The summed E-state index contributed by atoms with van der Waals surface area (Å²) in [5, 5.41) is 10.9. The van der Waals surface area contributed by atoms with Gasteiger partial charge < -0.3 is 15.7 Å². The summed E-state index contributed by atoms with van der Waals surface area (Å²) in [7, 11) is 0. The van der Waals surface area contributed by atoms with Crippen molar-refractivity contribution in [3.05, 3.63) is 35.4 Å². The number of benzene rings is 1. The monoisotopic (exact) mass is 287 g/mol. The maximum absolute atomic E-state index is 10.9. The first-order chi connectivity index (χ1) is 10.2. The number of hydrogen-bond donors (Lipinski definition) is 2. The van der Waals surface area contributed by atoms with Gasteiger partial charge in [-0.2, -0.15) is 0 Å². The zero-order valence-corrected chi connectivity index (χ0v) is 12.6. The van der Waals surface area contributed by atoms with Crippen LogP contribution in [-0.2, 0) is 12.0 Å². The molecule has 1 fully saturated rings. The third-order valence-corrected chi connectivity index (χ3v) is 4.76. The maximum Gasteiger partial charge on any atom is 0.191 e. The predicted octanol–water partition coefficient (Wildman–Crippen LogP) is 2.01. The highest BCUT2D eigenvalue weighted by Crippen LogP contribution is 2.36. The molecule has 0 saturated carbocycles. The van der Waals surface area contributed by atoms with Crippen LogP contribution in [0, 0.1) is 0 Å². The number of nitrogens with zero attached hydrogens (tertiary/aromatic N) is 2. The molecule has 0 amide bonds. The van der Waals surface area contributed by atoms with Gasteiger partial charge in [-0.3, -0.25) is 0 Å². The molecule has 1 aliphatic heterocycles. The molecule has 1 aromatic carbocycles. The van der Waals surface area contributed by atoms with Crippen LogP contribution >= 0.6 is 0 Å². The summed E-state index contributed by atoms with van der Waals surface area (Å²) in [6.45, 7) is 2.35. The zero-order valence-electron chi connectivity index (χ0n) is 12.6. The number of hydrogen-bond acceptors (Lipinski definition) is 2. The van der Waals surface area contributed by atoms with Gasteiger partial charge in [0.05, 0.1) is 6.54 Å². The first-order valence-corrected chi connectivity index (χ1v) is 8.05. The van der Waals surface area contributed by atoms with E-state index in [2.05, 4.69) is 16.0 Å². The van der Waals surface area contributed by atoms with Crippen molar-refractivity contribution >= 4 is 5.96 Å². The number of guanidine groups is 1. The quantitative estimate of drug-likeness (QED) is 0.646. The van der Waals surface area contributed by atoms with E-state index in [-0.39, 0.29) is 0 Å². The summed E-state index contributed by atoms with van der Waals surface area (Å²) in [6.07, 6.45) is 6.59. The van der Waals surface area contributed by atoms with Crippen molar-refractivity contribution in [1.82, 2.24) is 4.90 Å². The van der Waals surface area contributed by atoms with Crippen molar-refractivity contribution in [2.45, 2.75) is 44.1 Å². The molecule has 21 heavy (non-hydrogen) atoms. The molecular weight excluding hydrogens is 262 g/mol. The van der Waals surface area contributed by atoms with Gasteiger partial charge >= 0.3 is 0 Å². The smallest absolute Gasteiger partial charge is 0.191 e. The Labute approximate surface area is 126 Å². The fraction of sp³-hybridized carbons (Fsp3) is 0.588. The van der Waals surface area contributed by atoms with E-state index in [1.54, 1.807) is 0 Å². The van der Waals surface area contributed by atoms with Crippen molar-refractivity contribution in [3.8, 4) is 0 Å². The van der Waals surface area contributed by atoms with E-state index in [0.29, 0.717) is 12.5 Å². The van der Waals surface area contributed by atoms with E-state index < -0.39 is 5.60 Å². The van der Waals surface area contributed by atoms with Crippen LogP contribution in [0.2, 0.25) is 0 Å². The number of likely N-dealkylation sites (tertiary alicyclic amines) is 1. The molecule has 1 heterocycles. The van der Waals surface area contributed by atoms with Gasteiger partial charge in [-0.15, -0.1) is 0 Å². The molecule has 1 aromatic rings. The van der Waals surface area contributed by atoms with Crippen molar-refractivity contribution < 1.29 is 5.11 Å². The van der Waals surface area contributed by atoms with Gasteiger partial charge in [0.2, 0.25) is 0 Å². The molecular formula is C17H25N3O. The van der Waals surface area contributed by atoms with E-state index in [4.69, 9.17) is 5.73 Å². The third-order valence-electron chi connectivity index (χ3n) is 4.76. The van der Waals surface area contributed by atoms with Gasteiger partial charge in [-0.1, -0.05) is 37.1 Å². The normalized spacial score (nSPS) is 26.5. The van der Waals surface area contributed by atoms with Gasteiger partial charge in [0.15, 0.2) is 5.96 Å². The standard InChI is InChI=1S/C17H25N3O/c18-16(20-11-5-1-2-6-12-20)19-13-17(21)10-9-14-7-3-4-8-15(14)17/h3-4,7-8,21H,1-2,5-6,9-13H2,(H2,18,19). The Kier molecular flexibility index (Phi) is 4.15. The van der Waals surface area contributed by atoms with Crippen LogP contribution in [0.1, 0.15) is 43.2 Å². The summed E-state index contributed by atoms with van der Waals surface area (Å²) in [6, 6.07) is 8.12. The molecule has 2 aliphatic rings. The topological polar surface area (TPSA) is 61.9 Å². The fourth-order valence-electron chi connectivity index (χ4n) is 3.44. The average molecular weight is 287 g/mol. The minimum atomic E-state index is -0.840. The Hall–Kier alpha value is -1.55. The number of fused-ring (bicyclic) bond motifs is 1. The van der Waals surface area contributed by atoms with Crippen LogP contribution in [0.15, 0.2) is 29.3 Å². The number of nitrogens with two attached hydrogens (primary N) is 1. The van der Waals surface area contributed by atoms with E-state index in [1.165, 1.54) is 31.2 Å². The summed E-state index contributed by atoms with van der Waals surface area (Å²) < 4.78 is 0. The first kappa shape index (κ1) is 14.4. The molecule has 0 radical (unpaired) electrons. The molecule has 1 atom stereocenters. The second-order valence-corrected chi connectivity index (χ2v) is 6.26. The molecule has 3 rings (SSSR count). The molecule has 1 saturated heterocycles. The van der Waals surface area contributed by atoms with E-state index >= 15 is 0 Å². The highest BCUT2D eigenvalue weighted by atomic mass is 16.3. The number of aliphatic hydroxyl groups is 1. The molecule has 114 valence electrons. The van der Waals surface area contributed by atoms with Crippen LogP contribution in [0.4, 0.5) is 0 Å². The van der Waals surface area contributed by atoms with Crippen LogP contribution in [0.3, 0.4) is 0 Å². The molecule has 0 bridgehead atoms. The van der Waals surface area contributed by atoms with Gasteiger partial charge in [0.25, 0.3) is 0 Å². The van der Waals surface area contributed by atoms with Gasteiger partial charge in [-0.05, 0) is 36.8 Å². The average Bonchev–Trinajstić information content (AvgIpc) is 2.70. The van der Waals surface area contributed by atoms with E-state index in [9.17, 15) is 5.11 Å². The lowest BCUT2D eigenvalue weighted by Crippen LogP contribution is -2.39. The molecule has 4 heteroatoms. The Bertz CT molecular complexity index is 521. The molecule has 4 nitrogen and oxygen atoms in total. The van der Waals surface area contributed by atoms with Gasteiger partial charge in [-0.25, -0.2) is 4.99 Å². The molecule has 1 aliphatic carbocycles. The van der Waals surface area contributed by atoms with Crippen LogP contribution in [0.5, 0.6) is 0 Å². The molecule has 0 spiro atoms. The molecule has 3 N–H and O–H groups in total. The summed E-state index contributed by atoms with van der Waals surface area (Å²) in [5.74, 6) is 0.592. The molecule has 0 aromatic heterocycles. The Balaban J connectivity index is 1.70. The van der Waals surface area contributed by atoms with Crippen LogP contribution in [0.25, 0.3) is 0 Å². The zero-order chi connectivity index (χ0) is 14.7. The lowest BCUT2D eigenvalue weighted by molar-refractivity contribution is 0.0483. The summed E-state index contributed by atoms with van der Waals surface area (Å²) in [4.78, 5) is 6.68. The van der Waals surface area contributed by atoms with Gasteiger partial charge in [0.1, 0.15) is 5.60 Å². The Morgan fingerprint density at radius 1 is 1.19 bits per heavy atom. The Morgan fingerprint density at radius 3 is 2.67 bits per heavy atom. The number of aryl methyl sites for hydroxylation is 1. The minimum absolute atomic E-state index is 0.367. The van der Waals surface area contributed by atoms with Crippen LogP contribution in [-0.4, -0.2) is 35.6 Å². The predicted molar refractivity (Wildman–Crippen MR) is 85.2 cm³/mol. The SMILES string of the molecule is NC(=NCC1(O)CCc2ccccc21)N1CCCCCC1. The highest BCUT2D eigenvalue weighted by molar-refractivity contribution is 5.78. The second kappa shape index (κ2) is 6.06. The second-order valence-electron chi connectivity index (χ2n) is 6.26. The Morgan fingerprint density at radius 2 is 1.90 bits per heavy atom. The van der Waals surface area contributed by atoms with Gasteiger partial charge in [0, 0.05) is 13.1 Å². The lowest BCUT2D eigenvalue weighted by atomic mass is 9.96. The van der Waals surface area contributed by atoms with Crippen molar-refractivity contribution in [2.24, 2.45) is 10.7 Å². The summed E-state index contributed by atoms with van der Waals surface area (Å²) >= 11 is 0. The minimum Gasteiger partial charge on any atom is -0.383 e. The maximum atomic E-state index is 10.9. The third kappa shape index (κ3) is 3.05. The van der Waals surface area contributed by atoms with E-state index in [0.717, 1.165) is 31.5 Å². The highest BCUT2D eigenvalue weighted by Gasteiger charge is 2.36. The van der Waals surface area contributed by atoms with Crippen LogP contribution < -0.4 is 5.73 Å². The van der Waals surface area contributed by atoms with E-state index in [1.807, 2.05) is 18.2 Å². The fourth-order valence-corrected chi connectivity index (χ4v) is 3.44.